The second-order valence-electron chi connectivity index (χ2n) is 6.19. The molecule has 1 fully saturated rings. The fourth-order valence-electron chi connectivity index (χ4n) is 2.82. The topological polar surface area (TPSA) is 69.7 Å². The molecule has 138 valence electrons. The molecule has 6 nitrogen and oxygen atoms in total. The second-order valence-corrected chi connectivity index (χ2v) is 7.87. The average Bonchev–Trinajstić information content (AvgIpc) is 2.64. The third-order valence-electron chi connectivity index (χ3n) is 4.39. The first kappa shape index (κ1) is 18.2. The van der Waals surface area contributed by atoms with E-state index in [1.54, 1.807) is 17.0 Å². The smallest absolute Gasteiger partial charge is 0.261 e. The van der Waals surface area contributed by atoms with Crippen LogP contribution in [0.3, 0.4) is 0 Å². The number of hydrogen-bond acceptors (Lipinski definition) is 4. The van der Waals surface area contributed by atoms with Gasteiger partial charge in [-0.05, 0) is 55.0 Å². The third kappa shape index (κ3) is 3.96. The van der Waals surface area contributed by atoms with Gasteiger partial charge in [-0.1, -0.05) is 0 Å². The number of carbonyl (C=O) groups is 1. The minimum atomic E-state index is -3.78. The number of piperazine rings is 1. The van der Waals surface area contributed by atoms with Crippen LogP contribution in [-0.4, -0.2) is 45.9 Å². The van der Waals surface area contributed by atoms with E-state index < -0.39 is 15.8 Å². The van der Waals surface area contributed by atoms with Crippen LogP contribution in [0.15, 0.2) is 47.4 Å². The van der Waals surface area contributed by atoms with Crippen molar-refractivity contribution >= 4 is 27.8 Å². The van der Waals surface area contributed by atoms with Crippen molar-refractivity contribution in [2.24, 2.45) is 0 Å². The number of halogens is 1. The van der Waals surface area contributed by atoms with Crippen LogP contribution in [-0.2, 0) is 14.8 Å². The Morgan fingerprint density at radius 3 is 2.27 bits per heavy atom. The number of benzene rings is 2. The van der Waals surface area contributed by atoms with E-state index in [9.17, 15) is 17.6 Å². The van der Waals surface area contributed by atoms with Crippen molar-refractivity contribution in [1.29, 1.82) is 0 Å². The summed E-state index contributed by atoms with van der Waals surface area (Å²) >= 11 is 0. The Morgan fingerprint density at radius 1 is 1.04 bits per heavy atom. The first-order chi connectivity index (χ1) is 12.4. The zero-order valence-corrected chi connectivity index (χ0v) is 15.2. The van der Waals surface area contributed by atoms with Crippen LogP contribution in [0.4, 0.5) is 15.8 Å². The van der Waals surface area contributed by atoms with Gasteiger partial charge in [0.2, 0.25) is 6.41 Å². The summed E-state index contributed by atoms with van der Waals surface area (Å²) in [6, 6.07) is 10.7. The van der Waals surface area contributed by atoms with Crippen LogP contribution >= 0.6 is 0 Å². The first-order valence-corrected chi connectivity index (χ1v) is 9.71. The summed E-state index contributed by atoms with van der Waals surface area (Å²) in [6.07, 6.45) is 0.854. The molecule has 0 radical (unpaired) electrons. The van der Waals surface area contributed by atoms with Gasteiger partial charge in [-0.15, -0.1) is 0 Å². The van der Waals surface area contributed by atoms with Crippen LogP contribution in [0.2, 0.25) is 0 Å². The molecule has 0 aromatic heterocycles. The minimum Gasteiger partial charge on any atom is -0.368 e. The van der Waals surface area contributed by atoms with E-state index in [-0.39, 0.29) is 10.5 Å². The average molecular weight is 377 g/mol. The van der Waals surface area contributed by atoms with Gasteiger partial charge >= 0.3 is 0 Å². The first-order valence-electron chi connectivity index (χ1n) is 8.22. The molecule has 1 heterocycles. The summed E-state index contributed by atoms with van der Waals surface area (Å²) in [5.74, 6) is -0.442. The van der Waals surface area contributed by atoms with E-state index in [1.807, 2.05) is 12.1 Å². The van der Waals surface area contributed by atoms with Crippen molar-refractivity contribution in [3.05, 3.63) is 53.8 Å². The van der Waals surface area contributed by atoms with Gasteiger partial charge in [0.25, 0.3) is 10.0 Å². The molecule has 26 heavy (non-hydrogen) atoms. The Bertz CT molecular complexity index is 892. The number of hydrogen-bond donors (Lipinski definition) is 1. The lowest BCUT2D eigenvalue weighted by molar-refractivity contribution is -0.118. The van der Waals surface area contributed by atoms with Crippen LogP contribution in [0.25, 0.3) is 0 Å². The molecule has 0 spiro atoms. The summed E-state index contributed by atoms with van der Waals surface area (Å²) in [5.41, 5.74) is 1.68. The Kier molecular flexibility index (Phi) is 5.13. The second kappa shape index (κ2) is 7.33. The Labute approximate surface area is 152 Å². The number of amides is 1. The number of sulfonamides is 1. The van der Waals surface area contributed by atoms with Gasteiger partial charge < -0.3 is 9.80 Å². The highest BCUT2D eigenvalue weighted by Gasteiger charge is 2.17. The molecule has 1 saturated heterocycles. The molecule has 0 bridgehead atoms. The predicted octanol–water partition coefficient (Wildman–Crippen LogP) is 2.21. The van der Waals surface area contributed by atoms with E-state index in [1.165, 1.54) is 19.1 Å². The number of anilines is 2. The number of rotatable bonds is 5. The molecule has 0 atom stereocenters. The molecule has 1 aliphatic heterocycles. The highest BCUT2D eigenvalue weighted by Crippen LogP contribution is 2.22. The quantitative estimate of drug-likeness (QED) is 0.811. The maximum atomic E-state index is 13.3. The summed E-state index contributed by atoms with van der Waals surface area (Å²) in [5, 5.41) is 0. The summed E-state index contributed by atoms with van der Waals surface area (Å²) in [6.45, 7) is 4.33. The molecule has 1 aliphatic rings. The minimum absolute atomic E-state index is 0.0189. The normalized spacial score (nSPS) is 15.0. The van der Waals surface area contributed by atoms with E-state index in [4.69, 9.17) is 0 Å². The molecule has 0 saturated carbocycles. The van der Waals surface area contributed by atoms with Crippen LogP contribution in [0, 0.1) is 12.7 Å². The standard InChI is InChI=1S/C18H20FN3O3S/c1-14-12-17(6-7-18(14)19)26(24,25)20-15-2-4-16(5-3-15)22-10-8-21(13-23)9-11-22/h2-7,12-13,20H,8-11H2,1H3. The van der Waals surface area contributed by atoms with Gasteiger partial charge in [0.15, 0.2) is 0 Å². The number of nitrogens with zero attached hydrogens (tertiary/aromatic N) is 2. The van der Waals surface area contributed by atoms with E-state index in [2.05, 4.69) is 9.62 Å². The van der Waals surface area contributed by atoms with E-state index >= 15 is 0 Å². The van der Waals surface area contributed by atoms with E-state index in [0.29, 0.717) is 18.8 Å². The Hall–Kier alpha value is -2.61. The number of aryl methyl sites for hydroxylation is 1. The summed E-state index contributed by atoms with van der Waals surface area (Å²) in [7, 11) is -3.78. The lowest BCUT2D eigenvalue weighted by atomic mass is 10.2. The van der Waals surface area contributed by atoms with Crippen molar-refractivity contribution in [3.63, 3.8) is 0 Å². The highest BCUT2D eigenvalue weighted by atomic mass is 32.2. The fraction of sp³-hybridized carbons (Fsp3) is 0.278. The van der Waals surface area contributed by atoms with Crippen LogP contribution < -0.4 is 9.62 Å². The molecular weight excluding hydrogens is 357 g/mol. The lowest BCUT2D eigenvalue weighted by Gasteiger charge is -2.34. The SMILES string of the molecule is Cc1cc(S(=O)(=O)Nc2ccc(N3CCN(C=O)CC3)cc2)ccc1F. The lowest BCUT2D eigenvalue weighted by Crippen LogP contribution is -2.45. The van der Waals surface area contributed by atoms with Gasteiger partial charge in [-0.2, -0.15) is 0 Å². The summed E-state index contributed by atoms with van der Waals surface area (Å²) in [4.78, 5) is 14.6. The van der Waals surface area contributed by atoms with Gasteiger partial charge in [0.1, 0.15) is 5.82 Å². The number of carbonyl (C=O) groups excluding carboxylic acids is 1. The molecule has 0 aliphatic carbocycles. The fourth-order valence-corrected chi connectivity index (χ4v) is 3.97. The molecular formula is C18H20FN3O3S. The zero-order valence-electron chi connectivity index (χ0n) is 14.4. The van der Waals surface area contributed by atoms with Gasteiger partial charge in [0, 0.05) is 37.6 Å². The monoisotopic (exact) mass is 377 g/mol. The van der Waals surface area contributed by atoms with Crippen LogP contribution in [0.5, 0.6) is 0 Å². The van der Waals surface area contributed by atoms with Gasteiger partial charge in [0.05, 0.1) is 4.90 Å². The Morgan fingerprint density at radius 2 is 1.69 bits per heavy atom. The Balaban J connectivity index is 1.70. The highest BCUT2D eigenvalue weighted by molar-refractivity contribution is 7.92. The molecule has 2 aromatic rings. The largest absolute Gasteiger partial charge is 0.368 e. The predicted molar refractivity (Wildman–Crippen MR) is 98.2 cm³/mol. The molecule has 2 aromatic carbocycles. The van der Waals surface area contributed by atoms with Gasteiger partial charge in [-0.25, -0.2) is 12.8 Å². The van der Waals surface area contributed by atoms with Crippen molar-refractivity contribution in [2.45, 2.75) is 11.8 Å². The van der Waals surface area contributed by atoms with Crippen molar-refractivity contribution in [1.82, 2.24) is 4.90 Å². The van der Waals surface area contributed by atoms with E-state index in [0.717, 1.165) is 31.3 Å². The maximum absolute atomic E-state index is 13.3. The maximum Gasteiger partial charge on any atom is 0.261 e. The van der Waals surface area contributed by atoms with Crippen molar-refractivity contribution in [2.75, 3.05) is 35.8 Å². The zero-order chi connectivity index (χ0) is 18.7. The van der Waals surface area contributed by atoms with Crippen molar-refractivity contribution < 1.29 is 17.6 Å². The number of nitrogens with one attached hydrogen (secondary N) is 1. The molecule has 1 amide bonds. The molecule has 0 unspecified atom stereocenters. The molecule has 3 rings (SSSR count). The molecule has 8 heteroatoms. The third-order valence-corrected chi connectivity index (χ3v) is 5.77. The summed E-state index contributed by atoms with van der Waals surface area (Å²) < 4.78 is 40.7. The van der Waals surface area contributed by atoms with Crippen molar-refractivity contribution in [3.8, 4) is 0 Å². The van der Waals surface area contributed by atoms with Crippen LogP contribution in [0.1, 0.15) is 5.56 Å². The van der Waals surface area contributed by atoms with Gasteiger partial charge in [-0.3, -0.25) is 9.52 Å². The molecule has 1 N–H and O–H groups in total.